The van der Waals surface area contributed by atoms with E-state index in [1.165, 1.54) is 12.1 Å². The molecule has 0 fully saturated rings. The van der Waals surface area contributed by atoms with E-state index in [2.05, 4.69) is 10.6 Å². The van der Waals surface area contributed by atoms with Crippen molar-refractivity contribution >= 4 is 11.6 Å². The second kappa shape index (κ2) is 6.14. The lowest BCUT2D eigenvalue weighted by molar-refractivity contribution is -0.115. The SMILES string of the molecule is CCCNCC(=O)Nc1cccc(F)c1. The minimum absolute atomic E-state index is 0.158. The molecule has 0 saturated carbocycles. The van der Waals surface area contributed by atoms with Crippen LogP contribution in [0, 0.1) is 5.82 Å². The van der Waals surface area contributed by atoms with Crippen molar-refractivity contribution in [1.29, 1.82) is 0 Å². The van der Waals surface area contributed by atoms with Gasteiger partial charge in [-0.25, -0.2) is 4.39 Å². The molecule has 4 heteroatoms. The Morgan fingerprint density at radius 1 is 1.47 bits per heavy atom. The number of hydrogen-bond donors (Lipinski definition) is 2. The van der Waals surface area contributed by atoms with Crippen LogP contribution in [-0.2, 0) is 4.79 Å². The number of carbonyl (C=O) groups is 1. The topological polar surface area (TPSA) is 41.1 Å². The van der Waals surface area contributed by atoms with Crippen LogP contribution in [0.2, 0.25) is 0 Å². The van der Waals surface area contributed by atoms with Crippen LogP contribution in [0.4, 0.5) is 10.1 Å². The predicted octanol–water partition coefficient (Wildman–Crippen LogP) is 1.76. The standard InChI is InChI=1S/C11H15FN2O/c1-2-6-13-8-11(15)14-10-5-3-4-9(12)7-10/h3-5,7,13H,2,6,8H2,1H3,(H,14,15). The molecule has 0 unspecified atom stereocenters. The molecule has 15 heavy (non-hydrogen) atoms. The van der Waals surface area contributed by atoms with Gasteiger partial charge < -0.3 is 10.6 Å². The maximum atomic E-state index is 12.8. The molecule has 82 valence electrons. The Bertz CT molecular complexity index is 328. The molecule has 1 amide bonds. The summed E-state index contributed by atoms with van der Waals surface area (Å²) in [6.07, 6.45) is 0.979. The molecule has 1 rings (SSSR count). The number of carbonyl (C=O) groups excluding carboxylic acids is 1. The molecule has 0 aliphatic rings. The second-order valence-corrected chi connectivity index (χ2v) is 3.24. The van der Waals surface area contributed by atoms with Gasteiger partial charge in [0.05, 0.1) is 6.54 Å². The van der Waals surface area contributed by atoms with Gasteiger partial charge in [-0.3, -0.25) is 4.79 Å². The van der Waals surface area contributed by atoms with E-state index in [0.29, 0.717) is 5.69 Å². The summed E-state index contributed by atoms with van der Waals surface area (Å²) in [5, 5.41) is 5.56. The second-order valence-electron chi connectivity index (χ2n) is 3.24. The number of nitrogens with one attached hydrogen (secondary N) is 2. The van der Waals surface area contributed by atoms with E-state index in [-0.39, 0.29) is 18.3 Å². The lowest BCUT2D eigenvalue weighted by atomic mass is 10.3. The van der Waals surface area contributed by atoms with E-state index in [0.717, 1.165) is 13.0 Å². The monoisotopic (exact) mass is 210 g/mol. The number of hydrogen-bond acceptors (Lipinski definition) is 2. The average Bonchev–Trinajstić information content (AvgIpc) is 2.18. The zero-order valence-corrected chi connectivity index (χ0v) is 8.72. The Labute approximate surface area is 88.7 Å². The number of amides is 1. The summed E-state index contributed by atoms with van der Waals surface area (Å²) >= 11 is 0. The summed E-state index contributed by atoms with van der Waals surface area (Å²) in [5.74, 6) is -0.511. The van der Waals surface area contributed by atoms with E-state index < -0.39 is 0 Å². The van der Waals surface area contributed by atoms with Crippen LogP contribution in [0.25, 0.3) is 0 Å². The van der Waals surface area contributed by atoms with Gasteiger partial charge in [0.2, 0.25) is 5.91 Å². The molecule has 1 aromatic carbocycles. The molecule has 0 spiro atoms. The third-order valence-corrected chi connectivity index (χ3v) is 1.82. The normalized spacial score (nSPS) is 10.0. The molecule has 2 N–H and O–H groups in total. The lowest BCUT2D eigenvalue weighted by Crippen LogP contribution is -2.28. The largest absolute Gasteiger partial charge is 0.325 e. The van der Waals surface area contributed by atoms with Gasteiger partial charge >= 0.3 is 0 Å². The Morgan fingerprint density at radius 3 is 2.93 bits per heavy atom. The van der Waals surface area contributed by atoms with Crippen LogP contribution in [0.3, 0.4) is 0 Å². The molecule has 0 aliphatic heterocycles. The van der Waals surface area contributed by atoms with Crippen molar-refractivity contribution < 1.29 is 9.18 Å². The fourth-order valence-corrected chi connectivity index (χ4v) is 1.15. The minimum Gasteiger partial charge on any atom is -0.325 e. The van der Waals surface area contributed by atoms with Crippen LogP contribution in [-0.4, -0.2) is 19.0 Å². The molecule has 0 bridgehead atoms. The molecule has 0 aliphatic carbocycles. The van der Waals surface area contributed by atoms with E-state index >= 15 is 0 Å². The van der Waals surface area contributed by atoms with Gasteiger partial charge in [-0.05, 0) is 31.2 Å². The zero-order valence-electron chi connectivity index (χ0n) is 8.72. The maximum Gasteiger partial charge on any atom is 0.238 e. The Morgan fingerprint density at radius 2 is 2.27 bits per heavy atom. The maximum absolute atomic E-state index is 12.8. The predicted molar refractivity (Wildman–Crippen MR) is 58.2 cm³/mol. The highest BCUT2D eigenvalue weighted by Crippen LogP contribution is 2.08. The van der Waals surface area contributed by atoms with Crippen LogP contribution in [0.15, 0.2) is 24.3 Å². The van der Waals surface area contributed by atoms with Crippen molar-refractivity contribution in [1.82, 2.24) is 5.32 Å². The first-order valence-corrected chi connectivity index (χ1v) is 4.98. The van der Waals surface area contributed by atoms with Gasteiger partial charge in [0.25, 0.3) is 0 Å². The highest BCUT2D eigenvalue weighted by molar-refractivity contribution is 5.92. The van der Waals surface area contributed by atoms with Crippen LogP contribution >= 0.6 is 0 Å². The van der Waals surface area contributed by atoms with Gasteiger partial charge in [0.15, 0.2) is 0 Å². The van der Waals surface area contributed by atoms with Crippen molar-refractivity contribution in [2.75, 3.05) is 18.4 Å². The van der Waals surface area contributed by atoms with Gasteiger partial charge in [-0.2, -0.15) is 0 Å². The quantitative estimate of drug-likeness (QED) is 0.727. The summed E-state index contributed by atoms with van der Waals surface area (Å²) < 4.78 is 12.8. The summed E-state index contributed by atoms with van der Waals surface area (Å²) in [7, 11) is 0. The van der Waals surface area contributed by atoms with Crippen molar-refractivity contribution in [2.45, 2.75) is 13.3 Å². The first-order chi connectivity index (χ1) is 7.22. The fraction of sp³-hybridized carbons (Fsp3) is 0.364. The van der Waals surface area contributed by atoms with Crippen LogP contribution < -0.4 is 10.6 Å². The first kappa shape index (κ1) is 11.7. The van der Waals surface area contributed by atoms with Gasteiger partial charge in [-0.15, -0.1) is 0 Å². The molecule has 0 atom stereocenters. The Kier molecular flexibility index (Phi) is 4.77. The molecular formula is C11H15FN2O. The third-order valence-electron chi connectivity index (χ3n) is 1.82. The molecule has 0 heterocycles. The smallest absolute Gasteiger partial charge is 0.238 e. The van der Waals surface area contributed by atoms with E-state index in [9.17, 15) is 9.18 Å². The molecule has 0 aromatic heterocycles. The van der Waals surface area contributed by atoms with Crippen LogP contribution in [0.1, 0.15) is 13.3 Å². The van der Waals surface area contributed by atoms with Crippen molar-refractivity contribution in [2.24, 2.45) is 0 Å². The van der Waals surface area contributed by atoms with Crippen LogP contribution in [0.5, 0.6) is 0 Å². The summed E-state index contributed by atoms with van der Waals surface area (Å²) in [4.78, 5) is 11.3. The Hall–Kier alpha value is -1.42. The first-order valence-electron chi connectivity index (χ1n) is 4.98. The lowest BCUT2D eigenvalue weighted by Gasteiger charge is -2.05. The summed E-state index contributed by atoms with van der Waals surface area (Å²) in [5.41, 5.74) is 0.485. The highest BCUT2D eigenvalue weighted by Gasteiger charge is 2.01. The molecule has 3 nitrogen and oxygen atoms in total. The van der Waals surface area contributed by atoms with E-state index in [4.69, 9.17) is 0 Å². The molecule has 0 saturated heterocycles. The fourth-order valence-electron chi connectivity index (χ4n) is 1.15. The molecule has 1 aromatic rings. The number of halogens is 1. The minimum atomic E-state index is -0.352. The highest BCUT2D eigenvalue weighted by atomic mass is 19.1. The number of rotatable bonds is 5. The van der Waals surface area contributed by atoms with Gasteiger partial charge in [0, 0.05) is 5.69 Å². The molecular weight excluding hydrogens is 195 g/mol. The van der Waals surface area contributed by atoms with E-state index in [1.54, 1.807) is 12.1 Å². The average molecular weight is 210 g/mol. The number of anilines is 1. The van der Waals surface area contributed by atoms with Crippen molar-refractivity contribution in [3.05, 3.63) is 30.1 Å². The van der Waals surface area contributed by atoms with E-state index in [1.807, 2.05) is 6.92 Å². The molecule has 0 radical (unpaired) electrons. The number of benzene rings is 1. The van der Waals surface area contributed by atoms with Gasteiger partial charge in [-0.1, -0.05) is 13.0 Å². The van der Waals surface area contributed by atoms with Crippen molar-refractivity contribution in [3.63, 3.8) is 0 Å². The Balaban J connectivity index is 2.37. The van der Waals surface area contributed by atoms with Gasteiger partial charge in [0.1, 0.15) is 5.82 Å². The zero-order chi connectivity index (χ0) is 11.1. The summed E-state index contributed by atoms with van der Waals surface area (Å²) in [6.45, 7) is 3.08. The van der Waals surface area contributed by atoms with Crippen molar-refractivity contribution in [3.8, 4) is 0 Å². The summed E-state index contributed by atoms with van der Waals surface area (Å²) in [6, 6.07) is 5.84. The third kappa shape index (κ3) is 4.56.